The van der Waals surface area contributed by atoms with E-state index >= 15 is 0 Å². The number of methoxy groups -OCH3 is 1. The van der Waals surface area contributed by atoms with Gasteiger partial charge in [-0.1, -0.05) is 0 Å². The predicted octanol–water partition coefficient (Wildman–Crippen LogP) is 2.28. The summed E-state index contributed by atoms with van der Waals surface area (Å²) < 4.78 is 44.3. The summed E-state index contributed by atoms with van der Waals surface area (Å²) in [5.41, 5.74) is -1.84. The summed E-state index contributed by atoms with van der Waals surface area (Å²) in [5.74, 6) is -2.47. The molecular formula is C8H4F3IN2O5. The summed E-state index contributed by atoms with van der Waals surface area (Å²) in [6, 6.07) is 0. The van der Waals surface area contributed by atoms with Crippen LogP contribution in [0.25, 0.3) is 0 Å². The highest BCUT2D eigenvalue weighted by atomic mass is 127. The van der Waals surface area contributed by atoms with Gasteiger partial charge in [0, 0.05) is 0 Å². The molecule has 0 bridgehead atoms. The van der Waals surface area contributed by atoms with E-state index in [9.17, 15) is 28.1 Å². The average Bonchev–Trinajstić information content (AvgIpc) is 2.26. The molecule has 19 heavy (non-hydrogen) atoms. The fourth-order valence-corrected chi connectivity index (χ4v) is 1.70. The Morgan fingerprint density at radius 3 is 2.53 bits per heavy atom. The van der Waals surface area contributed by atoms with Crippen LogP contribution in [0.3, 0.4) is 0 Å². The number of pyridine rings is 1. The third-order valence-corrected chi connectivity index (χ3v) is 2.59. The fraction of sp³-hybridized carbons (Fsp3) is 0.250. The van der Waals surface area contributed by atoms with Crippen LogP contribution in [-0.2, 0) is 4.74 Å². The zero-order valence-corrected chi connectivity index (χ0v) is 11.2. The first-order valence-corrected chi connectivity index (χ1v) is 5.42. The predicted molar refractivity (Wildman–Crippen MR) is 61.6 cm³/mol. The van der Waals surface area contributed by atoms with Crippen LogP contribution < -0.4 is 4.74 Å². The second-order valence-electron chi connectivity index (χ2n) is 2.93. The van der Waals surface area contributed by atoms with E-state index in [2.05, 4.69) is 14.5 Å². The van der Waals surface area contributed by atoms with E-state index in [0.717, 1.165) is 7.11 Å². The maximum atomic E-state index is 12.2. The summed E-state index contributed by atoms with van der Waals surface area (Å²) in [5, 5.41) is 10.6. The van der Waals surface area contributed by atoms with Gasteiger partial charge in [-0.25, -0.2) is 9.78 Å². The molecule has 0 saturated heterocycles. The van der Waals surface area contributed by atoms with Crippen molar-refractivity contribution in [2.75, 3.05) is 7.11 Å². The van der Waals surface area contributed by atoms with Gasteiger partial charge in [-0.15, -0.1) is 13.2 Å². The van der Waals surface area contributed by atoms with E-state index in [1.807, 2.05) is 0 Å². The summed E-state index contributed by atoms with van der Waals surface area (Å²) in [4.78, 5) is 24.3. The molecule has 11 heteroatoms. The van der Waals surface area contributed by atoms with E-state index in [1.165, 1.54) is 22.6 Å². The maximum absolute atomic E-state index is 12.2. The second-order valence-corrected chi connectivity index (χ2v) is 3.96. The van der Waals surface area contributed by atoms with E-state index in [0.29, 0.717) is 6.20 Å². The highest BCUT2D eigenvalue weighted by Gasteiger charge is 2.38. The quantitative estimate of drug-likeness (QED) is 0.258. The van der Waals surface area contributed by atoms with Crippen molar-refractivity contribution in [2.45, 2.75) is 6.36 Å². The van der Waals surface area contributed by atoms with Crippen LogP contribution in [0.15, 0.2) is 6.20 Å². The van der Waals surface area contributed by atoms with Gasteiger partial charge in [0.05, 0.1) is 12.0 Å². The molecule has 0 aliphatic rings. The Bertz CT molecular complexity index is 534. The second kappa shape index (κ2) is 5.54. The van der Waals surface area contributed by atoms with Gasteiger partial charge in [0.2, 0.25) is 5.75 Å². The van der Waals surface area contributed by atoms with E-state index in [4.69, 9.17) is 0 Å². The summed E-state index contributed by atoms with van der Waals surface area (Å²) in [6.45, 7) is 0. The zero-order valence-electron chi connectivity index (χ0n) is 9.02. The molecule has 0 amide bonds. The minimum absolute atomic E-state index is 0.214. The van der Waals surface area contributed by atoms with Crippen molar-refractivity contribution in [1.29, 1.82) is 0 Å². The largest absolute Gasteiger partial charge is 0.573 e. The Hall–Kier alpha value is -1.66. The molecule has 7 nitrogen and oxygen atoms in total. The van der Waals surface area contributed by atoms with Crippen LogP contribution in [0, 0.1) is 13.8 Å². The topological polar surface area (TPSA) is 91.6 Å². The van der Waals surface area contributed by atoms with Crippen LogP contribution in [0.5, 0.6) is 5.75 Å². The van der Waals surface area contributed by atoms with Crippen LogP contribution in [0.1, 0.15) is 10.4 Å². The Labute approximate surface area is 117 Å². The van der Waals surface area contributed by atoms with Crippen LogP contribution in [-0.4, -0.2) is 29.3 Å². The lowest BCUT2D eigenvalue weighted by Gasteiger charge is -2.12. The molecule has 0 fully saturated rings. The molecule has 0 aliphatic heterocycles. The van der Waals surface area contributed by atoms with Crippen molar-refractivity contribution < 1.29 is 32.4 Å². The van der Waals surface area contributed by atoms with Crippen LogP contribution in [0.2, 0.25) is 0 Å². The molecule has 0 saturated carbocycles. The number of aromatic nitrogens is 1. The third-order valence-electron chi connectivity index (χ3n) is 1.77. The molecule has 0 N–H and O–H groups in total. The number of ether oxygens (including phenoxy) is 2. The molecule has 1 rings (SSSR count). The van der Waals surface area contributed by atoms with Gasteiger partial charge < -0.3 is 9.47 Å². The van der Waals surface area contributed by atoms with Crippen molar-refractivity contribution >= 4 is 34.2 Å². The number of carbonyl (C=O) groups is 1. The smallest absolute Gasteiger partial charge is 0.465 e. The average molecular weight is 392 g/mol. The minimum atomic E-state index is -5.20. The van der Waals surface area contributed by atoms with Crippen LogP contribution in [0.4, 0.5) is 18.9 Å². The number of hydrogen-bond donors (Lipinski definition) is 0. The van der Waals surface area contributed by atoms with Crippen molar-refractivity contribution in [3.63, 3.8) is 0 Å². The van der Waals surface area contributed by atoms with Crippen LogP contribution >= 0.6 is 22.6 Å². The third kappa shape index (κ3) is 3.65. The van der Waals surface area contributed by atoms with E-state index in [-0.39, 0.29) is 3.70 Å². The molecular weight excluding hydrogens is 388 g/mol. The molecule has 0 aromatic carbocycles. The molecule has 1 aromatic rings. The molecule has 0 aliphatic carbocycles. The fourth-order valence-electron chi connectivity index (χ4n) is 1.09. The van der Waals surface area contributed by atoms with Crippen molar-refractivity contribution in [3.8, 4) is 5.75 Å². The lowest BCUT2D eigenvalue weighted by Crippen LogP contribution is -2.21. The SMILES string of the molecule is COC(=O)c1c(I)ncc([N+](=O)[O-])c1OC(F)(F)F. The highest BCUT2D eigenvalue weighted by Crippen LogP contribution is 2.36. The van der Waals surface area contributed by atoms with Gasteiger partial charge in [0.1, 0.15) is 15.5 Å². The molecule has 0 spiro atoms. The lowest BCUT2D eigenvalue weighted by molar-refractivity contribution is -0.389. The Morgan fingerprint density at radius 2 is 2.11 bits per heavy atom. The lowest BCUT2D eigenvalue weighted by atomic mass is 10.2. The van der Waals surface area contributed by atoms with Gasteiger partial charge in [-0.2, -0.15) is 0 Å². The van der Waals surface area contributed by atoms with Crippen molar-refractivity contribution in [1.82, 2.24) is 4.98 Å². The molecule has 0 unspecified atom stereocenters. The van der Waals surface area contributed by atoms with Gasteiger partial charge in [0.25, 0.3) is 0 Å². The first-order chi connectivity index (χ1) is 8.67. The van der Waals surface area contributed by atoms with Crippen molar-refractivity contribution in [2.24, 2.45) is 0 Å². The Balaban J connectivity index is 3.54. The number of nitrogens with zero attached hydrogens (tertiary/aromatic N) is 2. The number of carbonyl (C=O) groups excluding carboxylic acids is 1. The standard InChI is InChI=1S/C8H4F3IN2O5/c1-18-7(15)4-5(19-8(9,10)11)3(14(16)17)2-13-6(4)12/h2H,1H3. The molecule has 104 valence electrons. The van der Waals surface area contributed by atoms with Gasteiger partial charge in [-0.05, 0) is 22.6 Å². The molecule has 0 atom stereocenters. The number of rotatable bonds is 3. The molecule has 1 aromatic heterocycles. The number of hydrogen-bond acceptors (Lipinski definition) is 6. The summed E-state index contributed by atoms with van der Waals surface area (Å²) >= 11 is 1.43. The summed E-state index contributed by atoms with van der Waals surface area (Å²) in [6.07, 6.45) is -4.63. The minimum Gasteiger partial charge on any atom is -0.465 e. The maximum Gasteiger partial charge on any atom is 0.573 e. The van der Waals surface area contributed by atoms with Gasteiger partial charge in [0.15, 0.2) is 0 Å². The monoisotopic (exact) mass is 392 g/mol. The van der Waals surface area contributed by atoms with Gasteiger partial charge in [-0.3, -0.25) is 10.1 Å². The van der Waals surface area contributed by atoms with E-state index < -0.39 is 34.3 Å². The first kappa shape index (κ1) is 15.4. The number of nitro groups is 1. The number of alkyl halides is 3. The first-order valence-electron chi connectivity index (χ1n) is 4.34. The Morgan fingerprint density at radius 1 is 1.53 bits per heavy atom. The van der Waals surface area contributed by atoms with E-state index in [1.54, 1.807) is 0 Å². The van der Waals surface area contributed by atoms with Gasteiger partial charge >= 0.3 is 18.0 Å². The molecule has 0 radical (unpaired) electrons. The number of esters is 1. The van der Waals surface area contributed by atoms with Crippen molar-refractivity contribution in [3.05, 3.63) is 25.6 Å². The summed E-state index contributed by atoms with van der Waals surface area (Å²) in [7, 11) is 0.911. The normalized spacial score (nSPS) is 11.0. The number of halogens is 4. The Kier molecular flexibility index (Phi) is 4.49. The molecule has 1 heterocycles. The zero-order chi connectivity index (χ0) is 14.8. The highest BCUT2D eigenvalue weighted by molar-refractivity contribution is 14.1.